The molecule has 5 nitrogen and oxygen atoms in total. The summed E-state index contributed by atoms with van der Waals surface area (Å²) >= 11 is 0. The molecule has 0 unspecified atom stereocenters. The predicted molar refractivity (Wildman–Crippen MR) is 89.8 cm³/mol. The topological polar surface area (TPSA) is 65.2 Å². The van der Waals surface area contributed by atoms with E-state index in [1.54, 1.807) is 0 Å². The van der Waals surface area contributed by atoms with E-state index in [0.717, 1.165) is 18.1 Å². The summed E-state index contributed by atoms with van der Waals surface area (Å²) in [6.45, 7) is 3.41. The van der Waals surface area contributed by atoms with Gasteiger partial charge in [0.15, 0.2) is 12.4 Å². The maximum Gasteiger partial charge on any atom is 0.264 e. The predicted octanol–water partition coefficient (Wildman–Crippen LogP) is 4.22. The van der Waals surface area contributed by atoms with Crippen molar-refractivity contribution in [3.8, 4) is 17.1 Å². The normalized spacial score (nSPS) is 10.7. The molecule has 0 spiro atoms. The number of carbonyl (C=O) groups is 1. The van der Waals surface area contributed by atoms with E-state index in [-0.39, 0.29) is 29.6 Å². The van der Waals surface area contributed by atoms with Crippen molar-refractivity contribution in [1.29, 1.82) is 0 Å². The third-order valence-corrected chi connectivity index (χ3v) is 3.77. The molecule has 1 heterocycles. The molecule has 0 atom stereocenters. The Labute approximate surface area is 144 Å². The van der Waals surface area contributed by atoms with Gasteiger partial charge >= 0.3 is 0 Å². The summed E-state index contributed by atoms with van der Waals surface area (Å²) in [6, 6.07) is 12.0. The van der Waals surface area contributed by atoms with Crippen LogP contribution < -0.4 is 4.74 Å². The lowest BCUT2D eigenvalue weighted by Gasteiger charge is -2.05. The number of hydrogen-bond donors (Lipinski definition) is 0. The van der Waals surface area contributed by atoms with Gasteiger partial charge in [0, 0.05) is 11.6 Å². The molecule has 0 radical (unpaired) electrons. The molecule has 0 saturated carbocycles. The van der Waals surface area contributed by atoms with Crippen LogP contribution in [0, 0.1) is 5.82 Å². The maximum atomic E-state index is 13.8. The highest BCUT2D eigenvalue weighted by Crippen LogP contribution is 2.20. The summed E-state index contributed by atoms with van der Waals surface area (Å²) in [4.78, 5) is 15.5. The number of halogens is 1. The Balaban J connectivity index is 1.67. The van der Waals surface area contributed by atoms with Gasteiger partial charge in [-0.25, -0.2) is 4.39 Å². The summed E-state index contributed by atoms with van der Waals surface area (Å²) < 4.78 is 24.4. The summed E-state index contributed by atoms with van der Waals surface area (Å²) in [5.41, 5.74) is 2.11. The second-order valence-electron chi connectivity index (χ2n) is 5.55. The SMILES string of the molecule is CCc1ccc(-c2noc(COc3ccc(C(C)=O)c(F)c3)n2)cc1. The van der Waals surface area contributed by atoms with E-state index in [2.05, 4.69) is 17.1 Å². The average molecular weight is 340 g/mol. The van der Waals surface area contributed by atoms with Crippen molar-refractivity contribution in [1.82, 2.24) is 10.1 Å². The number of aromatic nitrogens is 2. The minimum Gasteiger partial charge on any atom is -0.484 e. The Morgan fingerprint density at radius 2 is 1.96 bits per heavy atom. The third-order valence-electron chi connectivity index (χ3n) is 3.77. The van der Waals surface area contributed by atoms with Crippen molar-refractivity contribution in [2.75, 3.05) is 0 Å². The first kappa shape index (κ1) is 16.8. The highest BCUT2D eigenvalue weighted by Gasteiger charge is 2.11. The van der Waals surface area contributed by atoms with Gasteiger partial charge in [-0.3, -0.25) is 4.79 Å². The lowest BCUT2D eigenvalue weighted by Crippen LogP contribution is -2.00. The number of ketones is 1. The summed E-state index contributed by atoms with van der Waals surface area (Å²) in [5.74, 6) is 0.0893. The van der Waals surface area contributed by atoms with Crippen molar-refractivity contribution >= 4 is 5.78 Å². The molecule has 3 aromatic rings. The zero-order valence-electron chi connectivity index (χ0n) is 14.0. The summed E-state index contributed by atoms with van der Waals surface area (Å²) in [7, 11) is 0. The molecule has 0 bridgehead atoms. The van der Waals surface area contributed by atoms with E-state index >= 15 is 0 Å². The molecule has 128 valence electrons. The molecule has 1 aromatic heterocycles. The zero-order valence-corrected chi connectivity index (χ0v) is 14.0. The van der Waals surface area contributed by atoms with Crippen LogP contribution in [0.1, 0.15) is 35.7 Å². The second-order valence-corrected chi connectivity index (χ2v) is 5.55. The second kappa shape index (κ2) is 7.25. The van der Waals surface area contributed by atoms with Crippen LogP contribution in [0.4, 0.5) is 4.39 Å². The van der Waals surface area contributed by atoms with Crippen molar-refractivity contribution < 1.29 is 18.4 Å². The smallest absolute Gasteiger partial charge is 0.264 e. The van der Waals surface area contributed by atoms with Crippen molar-refractivity contribution in [3.05, 3.63) is 65.3 Å². The van der Waals surface area contributed by atoms with E-state index in [9.17, 15) is 9.18 Å². The first-order valence-electron chi connectivity index (χ1n) is 7.92. The molecule has 25 heavy (non-hydrogen) atoms. The lowest BCUT2D eigenvalue weighted by molar-refractivity contribution is 0.101. The molecule has 0 amide bonds. The van der Waals surface area contributed by atoms with Gasteiger partial charge < -0.3 is 9.26 Å². The molecule has 0 aliphatic carbocycles. The molecule has 0 aliphatic rings. The Morgan fingerprint density at radius 1 is 1.20 bits per heavy atom. The minimum absolute atomic E-state index is 0.0128. The Hall–Kier alpha value is -3.02. The van der Waals surface area contributed by atoms with Crippen molar-refractivity contribution in [3.63, 3.8) is 0 Å². The van der Waals surface area contributed by atoms with Gasteiger partial charge in [-0.1, -0.05) is 36.3 Å². The van der Waals surface area contributed by atoms with E-state index in [1.165, 1.54) is 24.6 Å². The molecular weight excluding hydrogens is 323 g/mol. The van der Waals surface area contributed by atoms with E-state index in [1.807, 2.05) is 24.3 Å². The fraction of sp³-hybridized carbons (Fsp3) is 0.211. The maximum absolute atomic E-state index is 13.8. The van der Waals surface area contributed by atoms with Gasteiger partial charge in [-0.2, -0.15) is 4.98 Å². The Kier molecular flexibility index (Phi) is 4.88. The number of benzene rings is 2. The quantitative estimate of drug-likeness (QED) is 0.629. The largest absolute Gasteiger partial charge is 0.484 e. The van der Waals surface area contributed by atoms with Gasteiger partial charge in [0.05, 0.1) is 5.56 Å². The molecule has 0 aliphatic heterocycles. The van der Waals surface area contributed by atoms with Crippen LogP contribution in [0.15, 0.2) is 47.0 Å². The summed E-state index contributed by atoms with van der Waals surface area (Å²) in [5, 5.41) is 3.92. The van der Waals surface area contributed by atoms with Crippen LogP contribution in [-0.2, 0) is 13.0 Å². The summed E-state index contributed by atoms with van der Waals surface area (Å²) in [6.07, 6.45) is 0.963. The number of Topliss-reactive ketones (excluding diaryl/α,β-unsaturated/α-hetero) is 1. The number of hydrogen-bond acceptors (Lipinski definition) is 5. The van der Waals surface area contributed by atoms with Crippen LogP contribution in [-0.4, -0.2) is 15.9 Å². The Bertz CT molecular complexity index is 888. The molecule has 3 rings (SSSR count). The van der Waals surface area contributed by atoms with Crippen LogP contribution >= 0.6 is 0 Å². The van der Waals surface area contributed by atoms with Gasteiger partial charge in [0.25, 0.3) is 5.89 Å². The third kappa shape index (κ3) is 3.91. The fourth-order valence-electron chi connectivity index (χ4n) is 2.34. The number of rotatable bonds is 6. The molecule has 2 aromatic carbocycles. The minimum atomic E-state index is -0.618. The standard InChI is InChI=1S/C19H17FN2O3/c1-3-13-4-6-14(7-5-13)19-21-18(25-22-19)11-24-15-8-9-16(12(2)23)17(20)10-15/h4-10H,3,11H2,1-2H3. The van der Waals surface area contributed by atoms with Gasteiger partial charge in [0.1, 0.15) is 11.6 Å². The fourth-order valence-corrected chi connectivity index (χ4v) is 2.34. The highest BCUT2D eigenvalue weighted by molar-refractivity contribution is 5.94. The first-order valence-corrected chi connectivity index (χ1v) is 7.92. The number of nitrogens with zero attached hydrogens (tertiary/aromatic N) is 2. The molecule has 0 N–H and O–H groups in total. The first-order chi connectivity index (χ1) is 12.1. The Morgan fingerprint density at radius 3 is 2.60 bits per heavy atom. The van der Waals surface area contributed by atoms with Crippen LogP contribution in [0.3, 0.4) is 0 Å². The highest BCUT2D eigenvalue weighted by atomic mass is 19.1. The number of aryl methyl sites for hydroxylation is 1. The molecule has 0 saturated heterocycles. The molecular formula is C19H17FN2O3. The average Bonchev–Trinajstić information content (AvgIpc) is 3.09. The molecule has 0 fully saturated rings. The van der Waals surface area contributed by atoms with Crippen LogP contribution in [0.2, 0.25) is 0 Å². The van der Waals surface area contributed by atoms with Crippen LogP contribution in [0.25, 0.3) is 11.4 Å². The van der Waals surface area contributed by atoms with E-state index < -0.39 is 5.82 Å². The monoisotopic (exact) mass is 340 g/mol. The van der Waals surface area contributed by atoms with E-state index in [0.29, 0.717) is 5.82 Å². The van der Waals surface area contributed by atoms with E-state index in [4.69, 9.17) is 9.26 Å². The van der Waals surface area contributed by atoms with Crippen molar-refractivity contribution in [2.24, 2.45) is 0 Å². The lowest BCUT2D eigenvalue weighted by atomic mass is 10.1. The number of carbonyl (C=O) groups excluding carboxylic acids is 1. The van der Waals surface area contributed by atoms with Crippen molar-refractivity contribution in [2.45, 2.75) is 26.9 Å². The van der Waals surface area contributed by atoms with Crippen LogP contribution in [0.5, 0.6) is 5.75 Å². The van der Waals surface area contributed by atoms with Gasteiger partial charge in [-0.15, -0.1) is 0 Å². The zero-order chi connectivity index (χ0) is 17.8. The van der Waals surface area contributed by atoms with Gasteiger partial charge in [0.2, 0.25) is 5.82 Å². The number of ether oxygens (including phenoxy) is 1. The molecule has 6 heteroatoms. The van der Waals surface area contributed by atoms with Gasteiger partial charge in [-0.05, 0) is 31.0 Å².